The van der Waals surface area contributed by atoms with Crippen molar-refractivity contribution >= 4 is 63.1 Å². The fourth-order valence-electron chi connectivity index (χ4n) is 5.17. The molecule has 23 heteroatoms. The van der Waals surface area contributed by atoms with Gasteiger partial charge in [-0.3, -0.25) is 28.8 Å². The first-order valence-electron chi connectivity index (χ1n) is 19.6. The minimum Gasteiger partial charge on any atom is -0.480 e. The van der Waals surface area contributed by atoms with Crippen LogP contribution in [0.15, 0.2) is 24.3 Å². The Hall–Kier alpha value is -5.39. The predicted octanol–water partition coefficient (Wildman–Crippen LogP) is -1.44. The summed E-state index contributed by atoms with van der Waals surface area (Å²) in [5.41, 5.74) is 6.89. The van der Waals surface area contributed by atoms with Gasteiger partial charge in [-0.15, -0.1) is 0 Å². The number of hydrogen-bond donors (Lipinski definition) is 10. The van der Waals surface area contributed by atoms with Gasteiger partial charge in [0.25, 0.3) is 5.91 Å². The van der Waals surface area contributed by atoms with Crippen LogP contribution in [0.1, 0.15) is 81.5 Å². The molecular weight excluding hydrogens is 813 g/mol. The maximum absolute atomic E-state index is 12.4. The third-order valence-electron chi connectivity index (χ3n) is 8.50. The number of carboxylic acids is 2. The minimum absolute atomic E-state index is 0.0171. The molecule has 0 aromatic heterocycles. The Kier molecular flexibility index (Phi) is 26.1. The first-order valence-corrected chi connectivity index (χ1v) is 21.2. The molecule has 1 aromatic rings. The van der Waals surface area contributed by atoms with Gasteiger partial charge in [0.15, 0.2) is 0 Å². The second kappa shape index (κ2) is 29.8. The van der Waals surface area contributed by atoms with E-state index in [0.717, 1.165) is 18.7 Å². The van der Waals surface area contributed by atoms with Gasteiger partial charge in [0.05, 0.1) is 25.6 Å². The normalized spacial score (nSPS) is 12.6. The van der Waals surface area contributed by atoms with Gasteiger partial charge in [0, 0.05) is 50.1 Å². The van der Waals surface area contributed by atoms with Gasteiger partial charge in [-0.1, -0.05) is 6.92 Å². The zero-order chi connectivity index (χ0) is 44.9. The maximum Gasteiger partial charge on any atom is 0.326 e. The number of rotatable bonds is 34. The van der Waals surface area contributed by atoms with Crippen molar-refractivity contribution in [3.63, 3.8) is 0 Å². The highest BCUT2D eigenvalue weighted by atomic mass is 32.2. The molecule has 0 heterocycles. The molecule has 0 saturated heterocycles. The highest BCUT2D eigenvalue weighted by Crippen LogP contribution is 2.10. The number of anilines is 1. The number of hydrogen-bond acceptors (Lipinski definition) is 13. The van der Waals surface area contributed by atoms with Crippen LogP contribution in [0.3, 0.4) is 0 Å². The third-order valence-corrected chi connectivity index (χ3v) is 9.95. The van der Waals surface area contributed by atoms with Gasteiger partial charge < -0.3 is 57.3 Å². The van der Waals surface area contributed by atoms with E-state index in [-0.39, 0.29) is 83.2 Å². The summed E-state index contributed by atoms with van der Waals surface area (Å²) in [5, 5.41) is 34.4. The molecule has 1 aromatic carbocycles. The van der Waals surface area contributed by atoms with E-state index in [1.54, 1.807) is 12.1 Å². The summed E-state index contributed by atoms with van der Waals surface area (Å²) < 4.78 is 35.6. The molecule has 3 atom stereocenters. The van der Waals surface area contributed by atoms with E-state index in [4.69, 9.17) is 15.2 Å². The molecule has 1 rings (SSSR count). The van der Waals surface area contributed by atoms with Gasteiger partial charge in [0.2, 0.25) is 39.6 Å². The number of carbonyl (C=O) groups excluding carboxylic acids is 6. The van der Waals surface area contributed by atoms with E-state index < -0.39 is 76.0 Å². The Bertz CT molecular complexity index is 1660. The van der Waals surface area contributed by atoms with Crippen LogP contribution >= 0.6 is 0 Å². The van der Waals surface area contributed by atoms with Gasteiger partial charge in [-0.25, -0.2) is 22.7 Å². The summed E-state index contributed by atoms with van der Waals surface area (Å²) in [5.74, 6) is -6.78. The van der Waals surface area contributed by atoms with Gasteiger partial charge >= 0.3 is 11.9 Å². The predicted molar refractivity (Wildman–Crippen MR) is 217 cm³/mol. The standard InChI is InChI=1S/C37H60N8O14S/c1-3-17-40-26-11-9-25(10-12-26)35(51)42-18-5-4-7-27(34(38)50)43-33(49)24-59-22-21-58-20-19-41-30(46)15-13-28(36(52)53)45-32(48)16-14-29(37(54)55)44-31(47)8-6-23-60(56,57)39-2/h9-12,27-29,39-40H,3-8,13-24H2,1-2H3,(H2,38,50)(H,41,46)(H,42,51)(H,43,49)(H,44,47)(H,45,48)(H,52,53)(H,54,55). The van der Waals surface area contributed by atoms with Crippen LogP contribution in [0, 0.1) is 0 Å². The lowest BCUT2D eigenvalue weighted by atomic mass is 10.1. The monoisotopic (exact) mass is 872 g/mol. The molecule has 338 valence electrons. The summed E-state index contributed by atoms with van der Waals surface area (Å²) in [6.45, 7) is 3.11. The first-order chi connectivity index (χ1) is 28.5. The van der Waals surface area contributed by atoms with Crippen molar-refractivity contribution in [3.05, 3.63) is 29.8 Å². The van der Waals surface area contributed by atoms with Crippen molar-refractivity contribution < 1.29 is 66.5 Å². The minimum atomic E-state index is -3.55. The highest BCUT2D eigenvalue weighted by Gasteiger charge is 2.25. The zero-order valence-corrected chi connectivity index (χ0v) is 34.9. The summed E-state index contributed by atoms with van der Waals surface area (Å²) >= 11 is 0. The lowest BCUT2D eigenvalue weighted by Gasteiger charge is -2.17. The molecule has 0 bridgehead atoms. The van der Waals surface area contributed by atoms with Crippen LogP contribution in [-0.4, -0.2) is 143 Å². The van der Waals surface area contributed by atoms with Crippen LogP contribution < -0.4 is 42.4 Å². The van der Waals surface area contributed by atoms with Gasteiger partial charge in [0.1, 0.15) is 24.7 Å². The second-order valence-electron chi connectivity index (χ2n) is 13.4. The Balaban J connectivity index is 2.23. The summed E-state index contributed by atoms with van der Waals surface area (Å²) in [7, 11) is -2.33. The van der Waals surface area contributed by atoms with E-state index in [9.17, 15) is 57.0 Å². The van der Waals surface area contributed by atoms with Crippen LogP contribution in [-0.2, 0) is 53.1 Å². The van der Waals surface area contributed by atoms with E-state index in [1.807, 2.05) is 12.1 Å². The number of amides is 6. The summed E-state index contributed by atoms with van der Waals surface area (Å²) in [6, 6.07) is 3.28. The molecule has 11 N–H and O–H groups in total. The van der Waals surface area contributed by atoms with Crippen molar-refractivity contribution in [3.8, 4) is 0 Å². The topological polar surface area (TPSA) is 340 Å². The van der Waals surface area contributed by atoms with Gasteiger partial charge in [-0.2, -0.15) is 0 Å². The number of unbranched alkanes of at least 4 members (excludes halogenated alkanes) is 1. The van der Waals surface area contributed by atoms with E-state index >= 15 is 0 Å². The molecular formula is C37H60N8O14S. The van der Waals surface area contributed by atoms with Gasteiger partial charge in [-0.05, 0) is 76.3 Å². The molecule has 0 fully saturated rings. The summed E-state index contributed by atoms with van der Waals surface area (Å²) in [6.07, 6.45) is 0.592. The lowest BCUT2D eigenvalue weighted by molar-refractivity contribution is -0.143. The SMILES string of the molecule is CCCNc1ccc(C(=O)NCCCCC(NC(=O)COCCOCCNC(=O)CCC(NC(=O)CCC(NC(=O)CCCS(=O)(=O)NC)C(=O)O)C(=O)O)C(N)=O)cc1. The number of benzene rings is 1. The first kappa shape index (κ1) is 52.6. The van der Waals surface area contributed by atoms with Crippen LogP contribution in [0.2, 0.25) is 0 Å². The Morgan fingerprint density at radius 2 is 1.25 bits per heavy atom. The average Bonchev–Trinajstić information content (AvgIpc) is 3.20. The Morgan fingerprint density at radius 1 is 0.667 bits per heavy atom. The van der Waals surface area contributed by atoms with Crippen molar-refractivity contribution in [2.24, 2.45) is 5.73 Å². The van der Waals surface area contributed by atoms with Crippen LogP contribution in [0.5, 0.6) is 0 Å². The Labute approximate surface area is 349 Å². The number of carbonyl (C=O) groups is 8. The number of sulfonamides is 1. The van der Waals surface area contributed by atoms with Crippen molar-refractivity contribution in [1.82, 2.24) is 31.3 Å². The molecule has 60 heavy (non-hydrogen) atoms. The quantitative estimate of drug-likeness (QED) is 0.0355. The van der Waals surface area contributed by atoms with Crippen molar-refractivity contribution in [1.29, 1.82) is 0 Å². The number of nitrogens with one attached hydrogen (secondary N) is 7. The summed E-state index contributed by atoms with van der Waals surface area (Å²) in [4.78, 5) is 96.3. The molecule has 3 unspecified atom stereocenters. The number of primary amides is 1. The molecule has 0 spiro atoms. The average molecular weight is 873 g/mol. The largest absolute Gasteiger partial charge is 0.480 e. The fourth-order valence-corrected chi connectivity index (χ4v) is 5.90. The molecule has 0 saturated carbocycles. The number of carboxylic acid groups (broad SMARTS) is 2. The van der Waals surface area contributed by atoms with Crippen molar-refractivity contribution in [2.75, 3.05) is 64.2 Å². The zero-order valence-electron chi connectivity index (χ0n) is 34.0. The molecule has 0 radical (unpaired) electrons. The number of nitrogens with two attached hydrogens (primary N) is 1. The van der Waals surface area contributed by atoms with Crippen molar-refractivity contribution in [2.45, 2.75) is 89.3 Å². The molecule has 6 amide bonds. The smallest absolute Gasteiger partial charge is 0.326 e. The number of aliphatic carboxylic acids is 2. The molecule has 0 aliphatic carbocycles. The fraction of sp³-hybridized carbons (Fsp3) is 0.622. The second-order valence-corrected chi connectivity index (χ2v) is 15.5. The van der Waals surface area contributed by atoms with E-state index in [1.165, 1.54) is 7.05 Å². The molecule has 0 aliphatic rings. The van der Waals surface area contributed by atoms with E-state index in [0.29, 0.717) is 24.9 Å². The molecule has 22 nitrogen and oxygen atoms in total. The van der Waals surface area contributed by atoms with Crippen LogP contribution in [0.25, 0.3) is 0 Å². The number of ether oxygens (including phenoxy) is 2. The third kappa shape index (κ3) is 24.5. The lowest BCUT2D eigenvalue weighted by Crippen LogP contribution is -2.45. The molecule has 0 aliphatic heterocycles. The highest BCUT2D eigenvalue weighted by molar-refractivity contribution is 7.89. The van der Waals surface area contributed by atoms with Crippen LogP contribution in [0.4, 0.5) is 5.69 Å². The Morgan fingerprint density at radius 3 is 1.83 bits per heavy atom. The maximum atomic E-state index is 12.4. The van der Waals surface area contributed by atoms with E-state index in [2.05, 4.69) is 43.5 Å².